The second-order valence-electron chi connectivity index (χ2n) is 17.5. The molecule has 0 aromatic carbocycles. The van der Waals surface area contributed by atoms with Gasteiger partial charge in [-0.25, -0.2) is 4.79 Å². The first-order valence-electron chi connectivity index (χ1n) is 25.9. The molecule has 9 nitrogen and oxygen atoms in total. The second-order valence-corrected chi connectivity index (χ2v) is 17.5. The van der Waals surface area contributed by atoms with Crippen LogP contribution >= 0.6 is 0 Å². The number of carbonyl (C=O) groups is 3. The van der Waals surface area contributed by atoms with Crippen molar-refractivity contribution in [2.75, 3.05) is 65.9 Å². The van der Waals surface area contributed by atoms with Crippen LogP contribution in [0.1, 0.15) is 239 Å². The molecular formula is C52H99NO8. The van der Waals surface area contributed by atoms with E-state index in [1.165, 1.54) is 180 Å². The van der Waals surface area contributed by atoms with Crippen molar-refractivity contribution in [2.24, 2.45) is 0 Å². The fraction of sp³-hybridized carbons (Fsp3) is 0.904. The van der Waals surface area contributed by atoms with Gasteiger partial charge in [-0.1, -0.05) is 213 Å². The maximum Gasteiger partial charge on any atom is 0.333 e. The van der Waals surface area contributed by atoms with Crippen LogP contribution in [0.2, 0.25) is 0 Å². The average molecular weight is 866 g/mol. The molecule has 0 N–H and O–H groups in total. The van der Waals surface area contributed by atoms with Crippen molar-refractivity contribution < 1.29 is 38.1 Å². The van der Waals surface area contributed by atoms with E-state index >= 15 is 0 Å². The van der Waals surface area contributed by atoms with E-state index in [2.05, 4.69) is 20.4 Å². The zero-order valence-electron chi connectivity index (χ0n) is 40.5. The standard InChI is InChI=1S/C52H99NO8/c1-5-7-9-11-13-15-17-19-21-23-25-27-29-31-33-35-39-53(40-36-34-32-30-28-26-24-22-20-18-16-14-12-10-8-6-2)50(54)37-38-51(55)60-47-45-58-43-41-57-42-44-59-46-48-61-52(56)49(3)4/h3,5-48H2,1-2,4H3. The van der Waals surface area contributed by atoms with Gasteiger partial charge in [-0.05, 0) is 19.8 Å². The molecule has 61 heavy (non-hydrogen) atoms. The molecule has 0 aliphatic rings. The van der Waals surface area contributed by atoms with Crippen molar-refractivity contribution in [1.82, 2.24) is 4.90 Å². The molecule has 0 bridgehead atoms. The highest BCUT2D eigenvalue weighted by atomic mass is 16.6. The van der Waals surface area contributed by atoms with Crippen molar-refractivity contribution in [3.63, 3.8) is 0 Å². The number of esters is 2. The van der Waals surface area contributed by atoms with E-state index in [9.17, 15) is 14.4 Å². The van der Waals surface area contributed by atoms with E-state index in [0.29, 0.717) is 38.6 Å². The molecule has 0 aliphatic heterocycles. The van der Waals surface area contributed by atoms with E-state index in [4.69, 9.17) is 23.7 Å². The van der Waals surface area contributed by atoms with Gasteiger partial charge in [0.1, 0.15) is 13.2 Å². The smallest absolute Gasteiger partial charge is 0.333 e. The van der Waals surface area contributed by atoms with Gasteiger partial charge < -0.3 is 28.6 Å². The van der Waals surface area contributed by atoms with Gasteiger partial charge in [-0.15, -0.1) is 0 Å². The lowest BCUT2D eigenvalue weighted by atomic mass is 10.0. The first-order chi connectivity index (χ1) is 29.9. The topological polar surface area (TPSA) is 101 Å². The minimum atomic E-state index is -0.422. The third kappa shape index (κ3) is 45.9. The highest BCUT2D eigenvalue weighted by molar-refractivity contribution is 5.86. The van der Waals surface area contributed by atoms with Crippen LogP contribution in [0.3, 0.4) is 0 Å². The molecule has 0 aliphatic carbocycles. The number of ether oxygens (including phenoxy) is 5. The molecule has 0 fully saturated rings. The SMILES string of the molecule is C=C(C)C(=O)OCCOCCOCCOCCOC(=O)CCC(=O)N(CCCCCCCCCCCCCCCCCC)CCCCCCCCCCCCCCCCCC. The molecule has 0 rings (SSSR count). The van der Waals surface area contributed by atoms with E-state index in [-0.39, 0.29) is 44.5 Å². The molecule has 0 saturated carbocycles. The molecule has 0 spiro atoms. The molecule has 0 atom stereocenters. The molecule has 9 heteroatoms. The number of hydrogen-bond acceptors (Lipinski definition) is 8. The monoisotopic (exact) mass is 866 g/mol. The average Bonchev–Trinajstić information content (AvgIpc) is 3.25. The summed E-state index contributed by atoms with van der Waals surface area (Å²) in [7, 11) is 0. The Morgan fingerprint density at radius 1 is 0.377 bits per heavy atom. The Hall–Kier alpha value is -1.97. The highest BCUT2D eigenvalue weighted by Gasteiger charge is 2.15. The molecule has 0 radical (unpaired) electrons. The summed E-state index contributed by atoms with van der Waals surface area (Å²) < 4.78 is 26.6. The van der Waals surface area contributed by atoms with Gasteiger partial charge in [0.2, 0.25) is 5.91 Å². The van der Waals surface area contributed by atoms with Crippen LogP contribution in [0.4, 0.5) is 0 Å². The Morgan fingerprint density at radius 2 is 0.656 bits per heavy atom. The van der Waals surface area contributed by atoms with Crippen molar-refractivity contribution in [2.45, 2.75) is 239 Å². The van der Waals surface area contributed by atoms with Crippen LogP contribution in [-0.2, 0) is 38.1 Å². The van der Waals surface area contributed by atoms with Crippen LogP contribution in [-0.4, -0.2) is 88.7 Å². The van der Waals surface area contributed by atoms with Gasteiger partial charge in [0.25, 0.3) is 0 Å². The van der Waals surface area contributed by atoms with Gasteiger partial charge in [0, 0.05) is 25.1 Å². The van der Waals surface area contributed by atoms with E-state index in [1.54, 1.807) is 6.92 Å². The molecule has 0 aromatic heterocycles. The fourth-order valence-electron chi connectivity index (χ4n) is 7.57. The molecule has 0 heterocycles. The van der Waals surface area contributed by atoms with Crippen LogP contribution in [0, 0.1) is 0 Å². The normalized spacial score (nSPS) is 11.3. The minimum absolute atomic E-state index is 0.0733. The largest absolute Gasteiger partial charge is 0.463 e. The van der Waals surface area contributed by atoms with Gasteiger partial charge in [0.05, 0.1) is 46.1 Å². The zero-order chi connectivity index (χ0) is 44.5. The molecule has 0 unspecified atom stereocenters. The van der Waals surface area contributed by atoms with Gasteiger partial charge in [-0.2, -0.15) is 0 Å². The van der Waals surface area contributed by atoms with E-state index in [0.717, 1.165) is 38.8 Å². The number of carbonyl (C=O) groups excluding carboxylic acids is 3. The third-order valence-corrected chi connectivity index (χ3v) is 11.5. The number of hydrogen-bond donors (Lipinski definition) is 0. The van der Waals surface area contributed by atoms with Crippen molar-refractivity contribution >= 4 is 17.8 Å². The van der Waals surface area contributed by atoms with Crippen LogP contribution in [0.5, 0.6) is 0 Å². The predicted molar refractivity (Wildman–Crippen MR) is 254 cm³/mol. The summed E-state index contributed by atoms with van der Waals surface area (Å²) >= 11 is 0. The fourth-order valence-corrected chi connectivity index (χ4v) is 7.57. The Balaban J connectivity index is 4.21. The summed E-state index contributed by atoms with van der Waals surface area (Å²) in [6.45, 7) is 13.7. The lowest BCUT2D eigenvalue weighted by Crippen LogP contribution is -2.33. The van der Waals surface area contributed by atoms with Crippen molar-refractivity contribution in [3.8, 4) is 0 Å². The number of unbranched alkanes of at least 4 members (excludes halogenated alkanes) is 30. The summed E-state index contributed by atoms with van der Waals surface area (Å²) in [4.78, 5) is 39.1. The molecular weight excluding hydrogens is 767 g/mol. The molecule has 0 saturated heterocycles. The lowest BCUT2D eigenvalue weighted by molar-refractivity contribution is -0.147. The zero-order valence-corrected chi connectivity index (χ0v) is 40.5. The van der Waals surface area contributed by atoms with Gasteiger partial charge >= 0.3 is 11.9 Å². The van der Waals surface area contributed by atoms with Crippen molar-refractivity contribution in [3.05, 3.63) is 12.2 Å². The third-order valence-electron chi connectivity index (χ3n) is 11.5. The van der Waals surface area contributed by atoms with Crippen LogP contribution in [0.15, 0.2) is 12.2 Å². The Kier molecular flexibility index (Phi) is 47.5. The van der Waals surface area contributed by atoms with Gasteiger partial charge in [0.15, 0.2) is 0 Å². The first-order valence-corrected chi connectivity index (χ1v) is 25.9. The summed E-state index contributed by atoms with van der Waals surface area (Å²) in [6.07, 6.45) is 43.1. The lowest BCUT2D eigenvalue weighted by Gasteiger charge is -2.23. The summed E-state index contributed by atoms with van der Waals surface area (Å²) in [5.41, 5.74) is 0.363. The number of rotatable bonds is 50. The van der Waals surface area contributed by atoms with Gasteiger partial charge in [-0.3, -0.25) is 9.59 Å². The quantitative estimate of drug-likeness (QED) is 0.0339. The van der Waals surface area contributed by atoms with E-state index in [1.807, 2.05) is 4.90 Å². The number of amides is 1. The Labute approximate surface area is 376 Å². The summed E-state index contributed by atoms with van der Waals surface area (Å²) in [5, 5.41) is 0. The highest BCUT2D eigenvalue weighted by Crippen LogP contribution is 2.16. The predicted octanol–water partition coefficient (Wildman–Crippen LogP) is 13.8. The maximum atomic E-state index is 13.3. The second kappa shape index (κ2) is 49.1. The molecule has 1 amide bonds. The summed E-state index contributed by atoms with van der Waals surface area (Å²) in [5.74, 6) is -0.706. The van der Waals surface area contributed by atoms with Crippen LogP contribution < -0.4 is 0 Å². The number of nitrogens with zero attached hydrogens (tertiary/aromatic N) is 1. The minimum Gasteiger partial charge on any atom is -0.463 e. The summed E-state index contributed by atoms with van der Waals surface area (Å²) in [6, 6.07) is 0. The Morgan fingerprint density at radius 3 is 0.967 bits per heavy atom. The maximum absolute atomic E-state index is 13.3. The van der Waals surface area contributed by atoms with Crippen molar-refractivity contribution in [1.29, 1.82) is 0 Å². The first kappa shape index (κ1) is 59.0. The van der Waals surface area contributed by atoms with E-state index < -0.39 is 5.97 Å². The van der Waals surface area contributed by atoms with Crippen LogP contribution in [0.25, 0.3) is 0 Å². The molecule has 360 valence electrons. The molecule has 0 aromatic rings. The Bertz CT molecular complexity index is 939.